The van der Waals surface area contributed by atoms with Crippen LogP contribution in [0.25, 0.3) is 0 Å². The molecule has 0 bridgehead atoms. The predicted molar refractivity (Wildman–Crippen MR) is 70.9 cm³/mol. The van der Waals surface area contributed by atoms with Gasteiger partial charge in [-0.15, -0.1) is 0 Å². The molecular formula is C14H24N2O. The standard InChI is InChI=1S/C14H24N2O/c1-8(2)11-12(9(3)4)15-13(10(5)6)16-14(11)17-7/h8-10H,1-7H3. The highest BCUT2D eigenvalue weighted by Gasteiger charge is 2.20. The van der Waals surface area contributed by atoms with E-state index >= 15 is 0 Å². The third-order valence-corrected chi connectivity index (χ3v) is 2.79. The summed E-state index contributed by atoms with van der Waals surface area (Å²) >= 11 is 0. The molecule has 0 aliphatic heterocycles. The molecule has 0 amide bonds. The van der Waals surface area contributed by atoms with Crippen LogP contribution in [0.4, 0.5) is 0 Å². The van der Waals surface area contributed by atoms with E-state index in [9.17, 15) is 0 Å². The monoisotopic (exact) mass is 236 g/mol. The van der Waals surface area contributed by atoms with E-state index in [1.54, 1.807) is 7.11 Å². The molecule has 0 atom stereocenters. The predicted octanol–water partition coefficient (Wildman–Crippen LogP) is 3.86. The normalized spacial score (nSPS) is 11.6. The molecule has 1 aromatic rings. The third kappa shape index (κ3) is 2.96. The van der Waals surface area contributed by atoms with Gasteiger partial charge < -0.3 is 4.74 Å². The summed E-state index contributed by atoms with van der Waals surface area (Å²) in [5.41, 5.74) is 2.27. The van der Waals surface area contributed by atoms with Crippen LogP contribution in [0.3, 0.4) is 0 Å². The summed E-state index contributed by atoms with van der Waals surface area (Å²) in [5, 5.41) is 0. The fraction of sp³-hybridized carbons (Fsp3) is 0.714. The lowest BCUT2D eigenvalue weighted by molar-refractivity contribution is 0.383. The van der Waals surface area contributed by atoms with Gasteiger partial charge in [-0.25, -0.2) is 4.98 Å². The summed E-state index contributed by atoms with van der Waals surface area (Å²) in [4.78, 5) is 9.23. The smallest absolute Gasteiger partial charge is 0.220 e. The highest BCUT2D eigenvalue weighted by atomic mass is 16.5. The van der Waals surface area contributed by atoms with Crippen molar-refractivity contribution in [3.05, 3.63) is 17.1 Å². The minimum atomic E-state index is 0.322. The van der Waals surface area contributed by atoms with Crippen molar-refractivity contribution < 1.29 is 4.74 Å². The number of hydrogen-bond donors (Lipinski definition) is 0. The SMILES string of the molecule is COc1nc(C(C)C)nc(C(C)C)c1C(C)C. The van der Waals surface area contributed by atoms with Gasteiger partial charge in [0, 0.05) is 11.5 Å². The zero-order valence-corrected chi connectivity index (χ0v) is 12.0. The first kappa shape index (κ1) is 13.9. The molecule has 1 heterocycles. The number of rotatable bonds is 4. The van der Waals surface area contributed by atoms with Crippen molar-refractivity contribution in [2.24, 2.45) is 0 Å². The Morgan fingerprint density at radius 3 is 1.76 bits per heavy atom. The summed E-state index contributed by atoms with van der Waals surface area (Å²) in [7, 11) is 1.68. The van der Waals surface area contributed by atoms with Crippen LogP contribution in [0, 0.1) is 0 Å². The maximum absolute atomic E-state index is 5.44. The Kier molecular flexibility index (Phi) is 4.49. The quantitative estimate of drug-likeness (QED) is 0.796. The number of ether oxygens (including phenoxy) is 1. The molecule has 0 saturated heterocycles. The van der Waals surface area contributed by atoms with Crippen LogP contribution in [0.2, 0.25) is 0 Å². The molecule has 0 unspecified atom stereocenters. The van der Waals surface area contributed by atoms with E-state index in [1.807, 2.05) is 0 Å². The van der Waals surface area contributed by atoms with Gasteiger partial charge in [0.15, 0.2) is 0 Å². The molecule has 0 saturated carbocycles. The molecule has 0 N–H and O–H groups in total. The van der Waals surface area contributed by atoms with E-state index in [0.717, 1.165) is 23.0 Å². The van der Waals surface area contributed by atoms with Crippen molar-refractivity contribution in [3.8, 4) is 5.88 Å². The number of methoxy groups -OCH3 is 1. The zero-order chi connectivity index (χ0) is 13.2. The van der Waals surface area contributed by atoms with E-state index in [4.69, 9.17) is 9.72 Å². The fourth-order valence-electron chi connectivity index (χ4n) is 1.88. The minimum Gasteiger partial charge on any atom is -0.481 e. The highest BCUT2D eigenvalue weighted by Crippen LogP contribution is 2.32. The molecular weight excluding hydrogens is 212 g/mol. The average molecular weight is 236 g/mol. The molecule has 0 aliphatic rings. The Labute approximate surface area is 105 Å². The summed E-state index contributed by atoms with van der Waals surface area (Å²) in [5.74, 6) is 2.70. The molecule has 3 nitrogen and oxygen atoms in total. The molecule has 0 radical (unpaired) electrons. The summed E-state index contributed by atoms with van der Waals surface area (Å²) in [6.45, 7) is 12.8. The van der Waals surface area contributed by atoms with Gasteiger partial charge in [-0.05, 0) is 11.8 Å². The second-order valence-electron chi connectivity index (χ2n) is 5.35. The van der Waals surface area contributed by atoms with E-state index in [1.165, 1.54) is 0 Å². The lowest BCUT2D eigenvalue weighted by Gasteiger charge is -2.19. The Bertz CT molecular complexity index is 384. The van der Waals surface area contributed by atoms with Crippen LogP contribution >= 0.6 is 0 Å². The summed E-state index contributed by atoms with van der Waals surface area (Å²) in [6.07, 6.45) is 0. The summed E-state index contributed by atoms with van der Waals surface area (Å²) < 4.78 is 5.44. The van der Waals surface area contributed by atoms with Gasteiger partial charge in [-0.2, -0.15) is 4.98 Å². The largest absolute Gasteiger partial charge is 0.481 e. The van der Waals surface area contributed by atoms with Crippen molar-refractivity contribution in [1.29, 1.82) is 0 Å². The van der Waals surface area contributed by atoms with Crippen LogP contribution in [0.15, 0.2) is 0 Å². The molecule has 0 spiro atoms. The van der Waals surface area contributed by atoms with Gasteiger partial charge in [-0.1, -0.05) is 41.5 Å². The van der Waals surface area contributed by atoms with Gasteiger partial charge >= 0.3 is 0 Å². The van der Waals surface area contributed by atoms with E-state index in [-0.39, 0.29) is 0 Å². The highest BCUT2D eigenvalue weighted by molar-refractivity contribution is 5.36. The molecule has 0 aromatic carbocycles. The van der Waals surface area contributed by atoms with Gasteiger partial charge in [0.1, 0.15) is 5.82 Å². The molecule has 0 fully saturated rings. The minimum absolute atomic E-state index is 0.322. The Balaban J connectivity index is 3.46. The van der Waals surface area contributed by atoms with Gasteiger partial charge in [0.05, 0.1) is 12.8 Å². The van der Waals surface area contributed by atoms with Crippen molar-refractivity contribution in [2.45, 2.75) is 59.3 Å². The molecule has 0 aliphatic carbocycles. The van der Waals surface area contributed by atoms with Gasteiger partial charge in [-0.3, -0.25) is 0 Å². The molecule has 3 heteroatoms. The first-order chi connectivity index (χ1) is 7.88. The lowest BCUT2D eigenvalue weighted by atomic mass is 9.95. The first-order valence-corrected chi connectivity index (χ1v) is 6.34. The van der Waals surface area contributed by atoms with Crippen LogP contribution in [-0.4, -0.2) is 17.1 Å². The second-order valence-corrected chi connectivity index (χ2v) is 5.35. The van der Waals surface area contributed by atoms with Crippen LogP contribution in [0.5, 0.6) is 5.88 Å². The number of nitrogens with zero attached hydrogens (tertiary/aromatic N) is 2. The number of hydrogen-bond acceptors (Lipinski definition) is 3. The second kappa shape index (κ2) is 5.48. The molecule has 1 aromatic heterocycles. The molecule has 17 heavy (non-hydrogen) atoms. The Hall–Kier alpha value is -1.12. The third-order valence-electron chi connectivity index (χ3n) is 2.79. The maximum Gasteiger partial charge on any atom is 0.220 e. The van der Waals surface area contributed by atoms with Crippen molar-refractivity contribution >= 4 is 0 Å². The van der Waals surface area contributed by atoms with Crippen LogP contribution < -0.4 is 4.74 Å². The van der Waals surface area contributed by atoms with E-state index in [2.05, 4.69) is 46.5 Å². The first-order valence-electron chi connectivity index (χ1n) is 6.34. The van der Waals surface area contributed by atoms with Crippen molar-refractivity contribution in [2.75, 3.05) is 7.11 Å². The van der Waals surface area contributed by atoms with Crippen LogP contribution in [-0.2, 0) is 0 Å². The lowest BCUT2D eigenvalue weighted by Crippen LogP contribution is -2.11. The van der Waals surface area contributed by atoms with Gasteiger partial charge in [0.25, 0.3) is 0 Å². The van der Waals surface area contributed by atoms with E-state index < -0.39 is 0 Å². The molecule has 96 valence electrons. The van der Waals surface area contributed by atoms with Crippen molar-refractivity contribution in [1.82, 2.24) is 9.97 Å². The van der Waals surface area contributed by atoms with Gasteiger partial charge in [0.2, 0.25) is 5.88 Å². The molecule has 1 rings (SSSR count). The number of aromatic nitrogens is 2. The van der Waals surface area contributed by atoms with Crippen molar-refractivity contribution in [3.63, 3.8) is 0 Å². The summed E-state index contributed by atoms with van der Waals surface area (Å²) in [6, 6.07) is 0. The maximum atomic E-state index is 5.44. The topological polar surface area (TPSA) is 35.0 Å². The Morgan fingerprint density at radius 2 is 1.41 bits per heavy atom. The zero-order valence-electron chi connectivity index (χ0n) is 12.0. The van der Waals surface area contributed by atoms with Crippen LogP contribution in [0.1, 0.15) is 76.4 Å². The Morgan fingerprint density at radius 1 is 0.824 bits per heavy atom. The average Bonchev–Trinajstić information content (AvgIpc) is 2.26. The van der Waals surface area contributed by atoms with E-state index in [0.29, 0.717) is 17.8 Å². The fourth-order valence-corrected chi connectivity index (χ4v) is 1.88.